The maximum atomic E-state index is 13.8. The van der Waals surface area contributed by atoms with Gasteiger partial charge in [0.05, 0.1) is 10.6 Å². The number of sulfonamides is 1. The molecule has 0 saturated carbocycles. The Morgan fingerprint density at radius 1 is 0.973 bits per heavy atom. The summed E-state index contributed by atoms with van der Waals surface area (Å²) in [4.78, 5) is 28.0. The molecule has 0 bridgehead atoms. The molecule has 0 heterocycles. The van der Waals surface area contributed by atoms with Crippen LogP contribution < -0.4 is 9.62 Å². The monoisotopic (exact) mass is 605 g/mol. The second-order valence-corrected chi connectivity index (χ2v) is 11.6. The Hall–Kier alpha value is -2.88. The number of halogens is 2. The first kappa shape index (κ1) is 28.7. The van der Waals surface area contributed by atoms with Crippen molar-refractivity contribution in [2.24, 2.45) is 0 Å². The van der Waals surface area contributed by atoms with Gasteiger partial charge in [-0.1, -0.05) is 64.8 Å². The van der Waals surface area contributed by atoms with Gasteiger partial charge in [0.1, 0.15) is 12.6 Å². The molecule has 0 aliphatic rings. The third-order valence-corrected chi connectivity index (χ3v) is 8.28. The molecule has 0 aliphatic carbocycles. The first-order valence-electron chi connectivity index (χ1n) is 11.8. The number of hydrogen-bond acceptors (Lipinski definition) is 4. The van der Waals surface area contributed by atoms with E-state index in [-0.39, 0.29) is 17.3 Å². The molecule has 0 aromatic heterocycles. The van der Waals surface area contributed by atoms with E-state index in [4.69, 9.17) is 11.6 Å². The molecule has 0 aliphatic heterocycles. The van der Waals surface area contributed by atoms with Crippen LogP contribution >= 0.6 is 27.5 Å². The summed E-state index contributed by atoms with van der Waals surface area (Å²) in [6, 6.07) is 20.7. The number of nitrogens with zero attached hydrogens (tertiary/aromatic N) is 2. The molecule has 0 radical (unpaired) electrons. The van der Waals surface area contributed by atoms with Gasteiger partial charge in [-0.05, 0) is 67.4 Å². The molecule has 37 heavy (non-hydrogen) atoms. The van der Waals surface area contributed by atoms with Crippen LogP contribution in [-0.2, 0) is 26.2 Å². The fourth-order valence-electron chi connectivity index (χ4n) is 3.62. The van der Waals surface area contributed by atoms with Crippen molar-refractivity contribution >= 4 is 55.1 Å². The third-order valence-electron chi connectivity index (χ3n) is 5.71. The number of anilines is 1. The maximum absolute atomic E-state index is 13.8. The van der Waals surface area contributed by atoms with Gasteiger partial charge in [0, 0.05) is 22.6 Å². The smallest absolute Gasteiger partial charge is 0.264 e. The van der Waals surface area contributed by atoms with E-state index in [1.807, 2.05) is 31.2 Å². The number of carbonyl (C=O) groups excluding carboxylic acids is 2. The van der Waals surface area contributed by atoms with Crippen LogP contribution in [0.25, 0.3) is 0 Å². The molecule has 196 valence electrons. The highest BCUT2D eigenvalue weighted by Crippen LogP contribution is 2.25. The lowest BCUT2D eigenvalue weighted by Crippen LogP contribution is -2.51. The van der Waals surface area contributed by atoms with Crippen molar-refractivity contribution in [2.75, 3.05) is 17.4 Å². The summed E-state index contributed by atoms with van der Waals surface area (Å²) in [5.74, 6) is -0.817. The van der Waals surface area contributed by atoms with Crippen LogP contribution in [0, 0.1) is 0 Å². The molecule has 0 unspecified atom stereocenters. The first-order valence-corrected chi connectivity index (χ1v) is 14.4. The van der Waals surface area contributed by atoms with Gasteiger partial charge in [-0.2, -0.15) is 0 Å². The number of hydrogen-bond donors (Lipinski definition) is 1. The van der Waals surface area contributed by atoms with Crippen molar-refractivity contribution in [2.45, 2.75) is 37.8 Å². The minimum atomic E-state index is -4.12. The van der Waals surface area contributed by atoms with Gasteiger partial charge in [0.15, 0.2) is 0 Å². The van der Waals surface area contributed by atoms with Gasteiger partial charge < -0.3 is 10.2 Å². The van der Waals surface area contributed by atoms with E-state index in [1.54, 1.807) is 37.3 Å². The molecular weight excluding hydrogens is 578 g/mol. The average Bonchev–Trinajstić information content (AvgIpc) is 2.90. The maximum Gasteiger partial charge on any atom is 0.264 e. The van der Waals surface area contributed by atoms with Crippen molar-refractivity contribution < 1.29 is 18.0 Å². The topological polar surface area (TPSA) is 86.8 Å². The van der Waals surface area contributed by atoms with Gasteiger partial charge in [-0.25, -0.2) is 8.42 Å². The lowest BCUT2D eigenvalue weighted by Gasteiger charge is -2.32. The molecule has 0 saturated heterocycles. The molecule has 3 aromatic rings. The van der Waals surface area contributed by atoms with Crippen LogP contribution in [0.4, 0.5) is 5.69 Å². The van der Waals surface area contributed by atoms with Gasteiger partial charge in [0.25, 0.3) is 10.0 Å². The van der Waals surface area contributed by atoms with E-state index in [1.165, 1.54) is 29.2 Å². The Morgan fingerprint density at radius 3 is 2.19 bits per heavy atom. The highest BCUT2D eigenvalue weighted by molar-refractivity contribution is 9.10. The predicted molar refractivity (Wildman–Crippen MR) is 150 cm³/mol. The summed E-state index contributed by atoms with van der Waals surface area (Å²) < 4.78 is 29.3. The van der Waals surface area contributed by atoms with Crippen LogP contribution in [0.1, 0.15) is 25.8 Å². The number of nitrogens with one attached hydrogen (secondary N) is 1. The summed E-state index contributed by atoms with van der Waals surface area (Å²) in [5, 5.41) is 3.22. The minimum Gasteiger partial charge on any atom is -0.354 e. The van der Waals surface area contributed by atoms with E-state index in [2.05, 4.69) is 21.2 Å². The second kappa shape index (κ2) is 13.1. The summed E-state index contributed by atoms with van der Waals surface area (Å²) in [7, 11) is -4.12. The molecule has 7 nitrogen and oxygen atoms in total. The highest BCUT2D eigenvalue weighted by atomic mass is 79.9. The second-order valence-electron chi connectivity index (χ2n) is 8.42. The van der Waals surface area contributed by atoms with Gasteiger partial charge in [-0.3, -0.25) is 13.9 Å². The quantitative estimate of drug-likeness (QED) is 0.323. The number of amides is 2. The summed E-state index contributed by atoms with van der Waals surface area (Å²) >= 11 is 9.36. The molecular formula is C27H29BrClN3O4S. The standard InChI is InChI=1S/C27H29BrClN3O4S/c1-3-17-30-27(34)20(2)31(18-21-9-11-22(28)12-10-21)26(33)19-32(24-7-5-4-6-8-24)37(35,36)25-15-13-23(29)14-16-25/h4-16,20H,3,17-19H2,1-2H3,(H,30,34)/t20-/m0/s1. The lowest BCUT2D eigenvalue weighted by atomic mass is 10.1. The Labute approximate surface area is 231 Å². The SMILES string of the molecule is CCCNC(=O)[C@H](C)N(Cc1ccc(Br)cc1)C(=O)CN(c1ccccc1)S(=O)(=O)c1ccc(Cl)cc1. The molecule has 0 fully saturated rings. The van der Waals surface area contributed by atoms with E-state index < -0.39 is 28.5 Å². The fraction of sp³-hybridized carbons (Fsp3) is 0.259. The van der Waals surface area contributed by atoms with Crippen molar-refractivity contribution in [1.82, 2.24) is 10.2 Å². The number of para-hydroxylation sites is 1. The van der Waals surface area contributed by atoms with Crippen LogP contribution in [0.3, 0.4) is 0 Å². The lowest BCUT2D eigenvalue weighted by molar-refractivity contribution is -0.139. The summed E-state index contributed by atoms with van der Waals surface area (Å²) in [6.45, 7) is 3.70. The van der Waals surface area contributed by atoms with Gasteiger partial charge >= 0.3 is 0 Å². The molecule has 10 heteroatoms. The van der Waals surface area contributed by atoms with Gasteiger partial charge in [0.2, 0.25) is 11.8 Å². The predicted octanol–water partition coefficient (Wildman–Crippen LogP) is 5.24. The molecule has 1 N–H and O–H groups in total. The fourth-order valence-corrected chi connectivity index (χ4v) is 5.43. The number of rotatable bonds is 11. The number of benzene rings is 3. The van der Waals surface area contributed by atoms with E-state index in [0.29, 0.717) is 17.3 Å². The van der Waals surface area contributed by atoms with E-state index in [9.17, 15) is 18.0 Å². The van der Waals surface area contributed by atoms with Gasteiger partial charge in [-0.15, -0.1) is 0 Å². The molecule has 3 rings (SSSR count). The largest absolute Gasteiger partial charge is 0.354 e. The summed E-state index contributed by atoms with van der Waals surface area (Å²) in [5.41, 5.74) is 1.14. The van der Waals surface area contributed by atoms with Crippen molar-refractivity contribution in [3.63, 3.8) is 0 Å². The van der Waals surface area contributed by atoms with Crippen molar-refractivity contribution in [3.05, 3.63) is 93.9 Å². The third kappa shape index (κ3) is 7.56. The normalized spacial score (nSPS) is 12.0. The minimum absolute atomic E-state index is 0.00162. The van der Waals surface area contributed by atoms with Crippen LogP contribution in [0.5, 0.6) is 0 Å². The zero-order valence-corrected chi connectivity index (χ0v) is 23.8. The molecule has 3 aromatic carbocycles. The Kier molecular flexibility index (Phi) is 10.1. The Bertz CT molecular complexity index is 1300. The van der Waals surface area contributed by atoms with Crippen LogP contribution in [-0.4, -0.2) is 44.3 Å². The van der Waals surface area contributed by atoms with Crippen molar-refractivity contribution in [3.8, 4) is 0 Å². The summed E-state index contributed by atoms with van der Waals surface area (Å²) in [6.07, 6.45) is 0.750. The van der Waals surface area contributed by atoms with E-state index >= 15 is 0 Å². The van der Waals surface area contributed by atoms with Crippen molar-refractivity contribution in [1.29, 1.82) is 0 Å². The Morgan fingerprint density at radius 2 is 1.59 bits per heavy atom. The Balaban J connectivity index is 1.98. The zero-order chi connectivity index (χ0) is 27.0. The molecule has 1 atom stereocenters. The molecule has 0 spiro atoms. The highest BCUT2D eigenvalue weighted by Gasteiger charge is 2.32. The molecule has 2 amide bonds. The average molecular weight is 607 g/mol. The zero-order valence-electron chi connectivity index (χ0n) is 20.6. The van der Waals surface area contributed by atoms with Crippen LogP contribution in [0.2, 0.25) is 5.02 Å². The van der Waals surface area contributed by atoms with E-state index in [0.717, 1.165) is 20.8 Å². The van der Waals surface area contributed by atoms with Crippen LogP contribution in [0.15, 0.2) is 88.2 Å². The first-order chi connectivity index (χ1) is 17.6. The number of carbonyl (C=O) groups is 2.